The first-order chi connectivity index (χ1) is 11.7. The van der Waals surface area contributed by atoms with Gasteiger partial charge in [-0.15, -0.1) is 0 Å². The summed E-state index contributed by atoms with van der Waals surface area (Å²) in [5, 5.41) is 5.93. The average molecular weight is 325 g/mol. The van der Waals surface area contributed by atoms with Crippen molar-refractivity contribution in [2.45, 2.75) is 12.8 Å². The molecule has 0 fully saturated rings. The molecule has 24 heavy (non-hydrogen) atoms. The number of nitrogens with zero attached hydrogens (tertiary/aromatic N) is 2. The number of Topliss-reactive ketones (excluding diaryl/α,β-unsaturated/α-hetero) is 2. The highest BCUT2D eigenvalue weighted by molar-refractivity contribution is 6.42. The summed E-state index contributed by atoms with van der Waals surface area (Å²) < 4.78 is 10.5. The predicted molar refractivity (Wildman–Crippen MR) is 83.9 cm³/mol. The van der Waals surface area contributed by atoms with Crippen LogP contribution in [0.3, 0.4) is 0 Å². The standard InChI is InChI=1S/C17H15N3O4/c1-23-13-4-2-11(3-5-13)6-12-7-14(24-9-12)8-15(21)16(22)17-18-10-19-20-17/h2-5,7,9-10H,6,8H2,1H3,(H,18,19,20). The third-order valence-electron chi connectivity index (χ3n) is 3.49. The third kappa shape index (κ3) is 3.57. The van der Waals surface area contributed by atoms with E-state index in [1.807, 2.05) is 24.3 Å². The lowest BCUT2D eigenvalue weighted by Crippen LogP contribution is -2.17. The van der Waals surface area contributed by atoms with Gasteiger partial charge in [-0.05, 0) is 29.3 Å². The largest absolute Gasteiger partial charge is 0.497 e. The van der Waals surface area contributed by atoms with E-state index < -0.39 is 11.6 Å². The Balaban J connectivity index is 1.62. The molecule has 3 rings (SSSR count). The van der Waals surface area contributed by atoms with E-state index in [4.69, 9.17) is 9.15 Å². The first-order valence-corrected chi connectivity index (χ1v) is 7.28. The fourth-order valence-electron chi connectivity index (χ4n) is 2.28. The maximum atomic E-state index is 11.9. The number of benzene rings is 1. The second-order valence-corrected chi connectivity index (χ2v) is 5.21. The van der Waals surface area contributed by atoms with Crippen LogP contribution in [0.2, 0.25) is 0 Å². The van der Waals surface area contributed by atoms with Crippen molar-refractivity contribution >= 4 is 11.6 Å². The molecule has 0 aliphatic rings. The Hall–Kier alpha value is -3.22. The maximum absolute atomic E-state index is 11.9. The van der Waals surface area contributed by atoms with Gasteiger partial charge in [0.15, 0.2) is 5.82 Å². The second-order valence-electron chi connectivity index (χ2n) is 5.21. The number of rotatable bonds is 7. The summed E-state index contributed by atoms with van der Waals surface area (Å²) in [6.07, 6.45) is 3.33. The van der Waals surface area contributed by atoms with Gasteiger partial charge in [0.05, 0.1) is 19.8 Å². The van der Waals surface area contributed by atoms with Crippen LogP contribution in [0.4, 0.5) is 0 Å². The monoisotopic (exact) mass is 325 g/mol. The highest BCUT2D eigenvalue weighted by atomic mass is 16.5. The summed E-state index contributed by atoms with van der Waals surface area (Å²) in [5.74, 6) is -0.137. The smallest absolute Gasteiger partial charge is 0.265 e. The minimum absolute atomic E-state index is 0.0648. The minimum atomic E-state index is -0.708. The van der Waals surface area contributed by atoms with Gasteiger partial charge in [-0.2, -0.15) is 5.10 Å². The highest BCUT2D eigenvalue weighted by Crippen LogP contribution is 2.17. The van der Waals surface area contributed by atoms with Crippen LogP contribution in [0.15, 0.2) is 47.3 Å². The van der Waals surface area contributed by atoms with E-state index in [1.54, 1.807) is 19.4 Å². The van der Waals surface area contributed by atoms with Crippen molar-refractivity contribution in [3.63, 3.8) is 0 Å². The van der Waals surface area contributed by atoms with Crippen molar-refractivity contribution in [2.75, 3.05) is 7.11 Å². The molecule has 0 amide bonds. The summed E-state index contributed by atoms with van der Waals surface area (Å²) in [6.45, 7) is 0. The van der Waals surface area contributed by atoms with Crippen molar-refractivity contribution in [2.24, 2.45) is 0 Å². The van der Waals surface area contributed by atoms with Crippen LogP contribution in [0.5, 0.6) is 5.75 Å². The predicted octanol–water partition coefficient (Wildman–Crippen LogP) is 1.99. The van der Waals surface area contributed by atoms with Crippen LogP contribution in [0, 0.1) is 0 Å². The van der Waals surface area contributed by atoms with Crippen molar-refractivity contribution < 1.29 is 18.7 Å². The van der Waals surface area contributed by atoms with Crippen molar-refractivity contribution in [1.29, 1.82) is 0 Å². The molecule has 2 aromatic heterocycles. The van der Waals surface area contributed by atoms with Gasteiger partial charge in [0.1, 0.15) is 17.8 Å². The number of methoxy groups -OCH3 is 1. The van der Waals surface area contributed by atoms with Gasteiger partial charge in [0.25, 0.3) is 5.78 Å². The molecule has 2 heterocycles. The molecule has 7 heteroatoms. The summed E-state index contributed by atoms with van der Waals surface area (Å²) >= 11 is 0. The average Bonchev–Trinajstić information content (AvgIpc) is 3.27. The van der Waals surface area contributed by atoms with Crippen LogP contribution >= 0.6 is 0 Å². The van der Waals surface area contributed by atoms with Gasteiger partial charge in [-0.25, -0.2) is 4.98 Å². The molecule has 0 radical (unpaired) electrons. The SMILES string of the molecule is COc1ccc(Cc2coc(CC(=O)C(=O)c3ncn[nH]3)c2)cc1. The van der Waals surface area contributed by atoms with Crippen LogP contribution in [-0.2, 0) is 17.6 Å². The molecule has 0 saturated carbocycles. The number of furan rings is 1. The lowest BCUT2D eigenvalue weighted by molar-refractivity contribution is -0.114. The van der Waals surface area contributed by atoms with Crippen molar-refractivity contribution in [3.8, 4) is 5.75 Å². The molecule has 0 atom stereocenters. The van der Waals surface area contributed by atoms with Gasteiger partial charge in [0.2, 0.25) is 5.78 Å². The number of H-pyrrole nitrogens is 1. The third-order valence-corrected chi connectivity index (χ3v) is 3.49. The number of carbonyl (C=O) groups is 2. The summed E-state index contributed by atoms with van der Waals surface area (Å²) in [5.41, 5.74) is 2.02. The molecular formula is C17H15N3O4. The first-order valence-electron chi connectivity index (χ1n) is 7.28. The molecule has 0 bridgehead atoms. The number of aromatic amines is 1. The molecule has 1 N–H and O–H groups in total. The van der Waals surface area contributed by atoms with Crippen molar-refractivity contribution in [1.82, 2.24) is 15.2 Å². The lowest BCUT2D eigenvalue weighted by Gasteiger charge is -2.01. The molecular weight excluding hydrogens is 310 g/mol. The zero-order valence-corrected chi connectivity index (χ0v) is 13.0. The van der Waals surface area contributed by atoms with Crippen molar-refractivity contribution in [3.05, 3.63) is 65.6 Å². The van der Waals surface area contributed by atoms with E-state index >= 15 is 0 Å². The van der Waals surface area contributed by atoms with Gasteiger partial charge < -0.3 is 9.15 Å². The van der Waals surface area contributed by atoms with Gasteiger partial charge in [0, 0.05) is 6.42 Å². The summed E-state index contributed by atoms with van der Waals surface area (Å²) in [6, 6.07) is 9.47. The van der Waals surface area contributed by atoms with Crippen LogP contribution in [0.25, 0.3) is 0 Å². The Morgan fingerprint density at radius 1 is 1.21 bits per heavy atom. The first kappa shape index (κ1) is 15.7. The zero-order valence-electron chi connectivity index (χ0n) is 13.0. The molecule has 122 valence electrons. The topological polar surface area (TPSA) is 98.1 Å². The second kappa shape index (κ2) is 6.91. The van der Waals surface area contributed by atoms with E-state index in [1.165, 1.54) is 6.33 Å². The lowest BCUT2D eigenvalue weighted by atomic mass is 10.1. The minimum Gasteiger partial charge on any atom is -0.497 e. The zero-order chi connectivity index (χ0) is 16.9. The number of hydrogen-bond acceptors (Lipinski definition) is 6. The van der Waals surface area contributed by atoms with Gasteiger partial charge in [-0.3, -0.25) is 14.7 Å². The van der Waals surface area contributed by atoms with Crippen LogP contribution in [-0.4, -0.2) is 33.9 Å². The van der Waals surface area contributed by atoms with E-state index in [0.717, 1.165) is 16.9 Å². The fraction of sp³-hybridized carbons (Fsp3) is 0.176. The molecule has 0 aliphatic heterocycles. The van der Waals surface area contributed by atoms with E-state index in [2.05, 4.69) is 15.2 Å². The Labute approximate surface area is 137 Å². The number of nitrogens with one attached hydrogen (secondary N) is 1. The van der Waals surface area contributed by atoms with E-state index in [-0.39, 0.29) is 12.2 Å². The van der Waals surface area contributed by atoms with Gasteiger partial charge >= 0.3 is 0 Å². The molecule has 3 aromatic rings. The Bertz CT molecular complexity index is 835. The summed E-state index contributed by atoms with van der Waals surface area (Å²) in [7, 11) is 1.62. The highest BCUT2D eigenvalue weighted by Gasteiger charge is 2.20. The van der Waals surface area contributed by atoms with Gasteiger partial charge in [-0.1, -0.05) is 12.1 Å². The Morgan fingerprint density at radius 3 is 2.67 bits per heavy atom. The molecule has 0 aliphatic carbocycles. The van der Waals surface area contributed by atoms with E-state index in [9.17, 15) is 9.59 Å². The van der Waals surface area contributed by atoms with E-state index in [0.29, 0.717) is 12.2 Å². The number of hydrogen-bond donors (Lipinski definition) is 1. The number of aromatic nitrogens is 3. The molecule has 0 unspecified atom stereocenters. The quantitative estimate of drug-likeness (QED) is 0.527. The fourth-order valence-corrected chi connectivity index (χ4v) is 2.28. The summed E-state index contributed by atoms with van der Waals surface area (Å²) in [4.78, 5) is 27.4. The number of ketones is 2. The van der Waals surface area contributed by atoms with Crippen LogP contribution in [0.1, 0.15) is 27.5 Å². The Kier molecular flexibility index (Phi) is 4.51. The van der Waals surface area contributed by atoms with Crippen LogP contribution < -0.4 is 4.74 Å². The normalized spacial score (nSPS) is 10.5. The molecule has 7 nitrogen and oxygen atoms in total. The Morgan fingerprint density at radius 2 is 2.00 bits per heavy atom. The number of ether oxygens (including phenoxy) is 1. The maximum Gasteiger partial charge on any atom is 0.265 e. The molecule has 0 spiro atoms. The molecule has 1 aromatic carbocycles. The molecule has 0 saturated heterocycles. The number of carbonyl (C=O) groups excluding carboxylic acids is 2.